The number of rotatable bonds is 6. The summed E-state index contributed by atoms with van der Waals surface area (Å²) in [6.07, 6.45) is 2.46. The monoisotopic (exact) mass is 328 g/mol. The molecule has 0 amide bonds. The molecule has 1 aliphatic carbocycles. The van der Waals surface area contributed by atoms with Crippen LogP contribution in [0.3, 0.4) is 0 Å². The van der Waals surface area contributed by atoms with E-state index in [1.54, 1.807) is 13.8 Å². The molecule has 22 heavy (non-hydrogen) atoms. The van der Waals surface area contributed by atoms with Crippen molar-refractivity contribution in [3.63, 3.8) is 0 Å². The SMILES string of the molecule is CCOP(=O)(C#CC[C@@H]1C(=O)[C@H](C(C)C)CC[C@H]1C)OCC. The number of hydrogen-bond donors (Lipinski definition) is 0. The second kappa shape index (κ2) is 8.87. The molecule has 1 rings (SSSR count). The average Bonchev–Trinajstić information content (AvgIpc) is 2.42. The molecule has 126 valence electrons. The van der Waals surface area contributed by atoms with Crippen molar-refractivity contribution >= 4 is 13.4 Å². The first-order valence-corrected chi connectivity index (χ1v) is 9.81. The molecule has 0 aliphatic heterocycles. The largest absolute Gasteiger partial charge is 0.405 e. The number of hydrogen-bond acceptors (Lipinski definition) is 4. The molecule has 5 heteroatoms. The first-order valence-electron chi connectivity index (χ1n) is 8.27. The minimum Gasteiger partial charge on any atom is -0.300 e. The van der Waals surface area contributed by atoms with Gasteiger partial charge in [0.15, 0.2) is 0 Å². The van der Waals surface area contributed by atoms with Crippen molar-refractivity contribution in [1.82, 2.24) is 0 Å². The highest BCUT2D eigenvalue weighted by Crippen LogP contribution is 2.47. The predicted octanol–water partition coefficient (Wildman–Crippen LogP) is 4.49. The van der Waals surface area contributed by atoms with Gasteiger partial charge in [0, 0.05) is 23.9 Å². The van der Waals surface area contributed by atoms with Crippen LogP contribution in [0.4, 0.5) is 0 Å². The lowest BCUT2D eigenvalue weighted by molar-refractivity contribution is -0.132. The van der Waals surface area contributed by atoms with Gasteiger partial charge in [0.1, 0.15) is 5.78 Å². The fraction of sp³-hybridized carbons (Fsp3) is 0.824. The molecule has 0 aromatic heterocycles. The predicted molar refractivity (Wildman–Crippen MR) is 88.5 cm³/mol. The van der Waals surface area contributed by atoms with Crippen LogP contribution in [0.5, 0.6) is 0 Å². The molecule has 0 N–H and O–H groups in total. The molecule has 0 radical (unpaired) electrons. The minimum atomic E-state index is -3.33. The van der Waals surface area contributed by atoms with Crippen molar-refractivity contribution in [3.05, 3.63) is 0 Å². The van der Waals surface area contributed by atoms with Gasteiger partial charge < -0.3 is 0 Å². The molecule has 0 bridgehead atoms. The van der Waals surface area contributed by atoms with E-state index in [4.69, 9.17) is 9.05 Å². The summed E-state index contributed by atoms with van der Waals surface area (Å²) in [5, 5.41) is 0. The summed E-state index contributed by atoms with van der Waals surface area (Å²) in [6.45, 7) is 10.4. The Hall–Kier alpha value is -0.620. The third kappa shape index (κ3) is 5.23. The molecule has 1 fully saturated rings. The van der Waals surface area contributed by atoms with Crippen LogP contribution in [0.1, 0.15) is 53.9 Å². The van der Waals surface area contributed by atoms with Gasteiger partial charge in [0.25, 0.3) is 0 Å². The Kier molecular flexibility index (Phi) is 7.83. The van der Waals surface area contributed by atoms with E-state index in [1.807, 2.05) is 0 Å². The molecule has 0 heterocycles. The first-order chi connectivity index (χ1) is 10.3. The molecule has 1 saturated carbocycles. The second-order valence-electron chi connectivity index (χ2n) is 6.24. The molecule has 3 atom stereocenters. The smallest absolute Gasteiger partial charge is 0.300 e. The highest BCUT2D eigenvalue weighted by molar-refractivity contribution is 7.59. The van der Waals surface area contributed by atoms with Gasteiger partial charge in [0.05, 0.1) is 13.2 Å². The van der Waals surface area contributed by atoms with E-state index >= 15 is 0 Å². The summed E-state index contributed by atoms with van der Waals surface area (Å²) >= 11 is 0. The van der Waals surface area contributed by atoms with Crippen molar-refractivity contribution < 1.29 is 18.4 Å². The summed E-state index contributed by atoms with van der Waals surface area (Å²) in [4.78, 5) is 12.6. The second-order valence-corrected chi connectivity index (χ2v) is 7.97. The fourth-order valence-corrected chi connectivity index (χ4v) is 4.17. The number of carbonyl (C=O) groups excluding carboxylic acids is 1. The lowest BCUT2D eigenvalue weighted by Gasteiger charge is -2.34. The van der Waals surface area contributed by atoms with Crippen LogP contribution in [0.2, 0.25) is 0 Å². The Morgan fingerprint density at radius 1 is 1.23 bits per heavy atom. The molecule has 0 aromatic rings. The van der Waals surface area contributed by atoms with E-state index in [1.165, 1.54) is 0 Å². The summed E-state index contributed by atoms with van der Waals surface area (Å²) in [6, 6.07) is 0. The highest BCUT2D eigenvalue weighted by Gasteiger charge is 2.36. The van der Waals surface area contributed by atoms with Crippen molar-refractivity contribution in [3.8, 4) is 11.6 Å². The van der Waals surface area contributed by atoms with E-state index in [0.717, 1.165) is 12.8 Å². The molecular weight excluding hydrogens is 299 g/mol. The van der Waals surface area contributed by atoms with Gasteiger partial charge in [0.2, 0.25) is 0 Å². The van der Waals surface area contributed by atoms with Gasteiger partial charge >= 0.3 is 7.60 Å². The quantitative estimate of drug-likeness (QED) is 0.532. The molecule has 0 unspecified atom stereocenters. The van der Waals surface area contributed by atoms with Gasteiger partial charge in [-0.1, -0.05) is 26.7 Å². The van der Waals surface area contributed by atoms with Gasteiger partial charge in [-0.3, -0.25) is 13.8 Å². The van der Waals surface area contributed by atoms with Crippen LogP contribution in [-0.4, -0.2) is 19.0 Å². The topological polar surface area (TPSA) is 52.6 Å². The van der Waals surface area contributed by atoms with E-state index in [0.29, 0.717) is 37.3 Å². The van der Waals surface area contributed by atoms with E-state index in [9.17, 15) is 9.36 Å². The van der Waals surface area contributed by atoms with Crippen LogP contribution < -0.4 is 0 Å². The zero-order valence-electron chi connectivity index (χ0n) is 14.4. The Morgan fingerprint density at radius 2 is 1.82 bits per heavy atom. The zero-order valence-corrected chi connectivity index (χ0v) is 15.3. The Bertz CT molecular complexity index is 465. The minimum absolute atomic E-state index is 0.0645. The summed E-state index contributed by atoms with van der Waals surface area (Å²) in [5.74, 6) is 3.98. The molecule has 0 spiro atoms. The lowest BCUT2D eigenvalue weighted by atomic mass is 9.69. The summed E-state index contributed by atoms with van der Waals surface area (Å²) in [7, 11) is -3.33. The Labute approximate surface area is 134 Å². The lowest BCUT2D eigenvalue weighted by Crippen LogP contribution is -2.36. The van der Waals surface area contributed by atoms with Crippen molar-refractivity contribution in [1.29, 1.82) is 0 Å². The first kappa shape index (κ1) is 19.4. The van der Waals surface area contributed by atoms with Crippen molar-refractivity contribution in [2.75, 3.05) is 13.2 Å². The molecule has 0 aromatic carbocycles. The molecule has 1 aliphatic rings. The van der Waals surface area contributed by atoms with Crippen molar-refractivity contribution in [2.45, 2.75) is 53.9 Å². The standard InChI is InChI=1S/C17H29O4P/c1-6-20-22(19,21-7-2)12-8-9-16-14(5)10-11-15(13(3)4)17(16)18/h13-16H,6-7,9-11H2,1-5H3/t14-,15+,16+/m1/s1. The zero-order chi connectivity index (χ0) is 16.8. The van der Waals surface area contributed by atoms with Crippen LogP contribution in [0, 0.1) is 35.3 Å². The van der Waals surface area contributed by atoms with E-state index in [2.05, 4.69) is 32.4 Å². The van der Waals surface area contributed by atoms with Crippen LogP contribution in [0.25, 0.3) is 0 Å². The number of Topliss-reactive ketones (excluding diaryl/α,β-unsaturated/α-hetero) is 1. The fourth-order valence-electron chi connectivity index (χ4n) is 3.00. The maximum Gasteiger partial charge on any atom is 0.405 e. The van der Waals surface area contributed by atoms with Gasteiger partial charge in [-0.25, -0.2) is 4.57 Å². The molecule has 4 nitrogen and oxygen atoms in total. The Morgan fingerprint density at radius 3 is 2.32 bits per heavy atom. The van der Waals surface area contributed by atoms with Gasteiger partial charge in [-0.15, -0.1) is 0 Å². The highest BCUT2D eigenvalue weighted by atomic mass is 31.2. The number of carbonyl (C=O) groups is 1. The molecule has 0 saturated heterocycles. The van der Waals surface area contributed by atoms with Crippen LogP contribution in [0.15, 0.2) is 0 Å². The van der Waals surface area contributed by atoms with E-state index in [-0.39, 0.29) is 11.8 Å². The number of ketones is 1. The summed E-state index contributed by atoms with van der Waals surface area (Å²) < 4.78 is 22.6. The third-order valence-electron chi connectivity index (χ3n) is 4.29. The Balaban J connectivity index is 2.78. The normalized spacial score (nSPS) is 25.9. The van der Waals surface area contributed by atoms with Gasteiger partial charge in [-0.2, -0.15) is 0 Å². The molecular formula is C17H29O4P. The van der Waals surface area contributed by atoms with Crippen molar-refractivity contribution in [2.24, 2.45) is 23.7 Å². The third-order valence-corrected chi connectivity index (χ3v) is 5.92. The van der Waals surface area contributed by atoms with E-state index < -0.39 is 7.60 Å². The van der Waals surface area contributed by atoms with Crippen LogP contribution >= 0.6 is 7.60 Å². The summed E-state index contributed by atoms with van der Waals surface area (Å²) in [5.41, 5.74) is 2.64. The maximum absolute atomic E-state index is 12.6. The van der Waals surface area contributed by atoms with Gasteiger partial charge in [-0.05, 0) is 38.5 Å². The average molecular weight is 328 g/mol. The maximum atomic E-state index is 12.6. The van der Waals surface area contributed by atoms with Crippen LogP contribution in [-0.2, 0) is 18.4 Å².